The van der Waals surface area contributed by atoms with Gasteiger partial charge in [-0.25, -0.2) is 4.79 Å². The molecule has 0 aromatic heterocycles. The van der Waals surface area contributed by atoms with Crippen LogP contribution in [-0.2, 0) is 21.7 Å². The number of likely N-dealkylation sites (tertiary alicyclic amines) is 1. The topological polar surface area (TPSA) is 49.8 Å². The molecule has 5 rings (SSSR count). The van der Waals surface area contributed by atoms with Gasteiger partial charge in [-0.1, -0.05) is 79.9 Å². The summed E-state index contributed by atoms with van der Waals surface area (Å²) in [5.41, 5.74) is 0.513. The molecule has 0 amide bonds. The highest BCUT2D eigenvalue weighted by Crippen LogP contribution is 2.44. The summed E-state index contributed by atoms with van der Waals surface area (Å²) in [6.45, 7) is 3.57. The molecule has 2 saturated carbocycles. The van der Waals surface area contributed by atoms with Crippen LogP contribution in [0.3, 0.4) is 0 Å². The number of carbonyl (C=O) groups is 1. The zero-order valence-corrected chi connectivity index (χ0v) is 19.6. The van der Waals surface area contributed by atoms with Gasteiger partial charge in [-0.2, -0.15) is 0 Å². The second kappa shape index (κ2) is 9.99. The SMILES string of the molecule is O=C(OCC1C2CCC1CN(Cc1ccccc1)C2)C(O)(c1ccccc1)C1CCCCC1. The first-order chi connectivity index (χ1) is 16.1. The van der Waals surface area contributed by atoms with Gasteiger partial charge >= 0.3 is 5.97 Å². The maximum absolute atomic E-state index is 13.5. The third-order valence-electron chi connectivity index (χ3n) is 8.48. The fourth-order valence-corrected chi connectivity index (χ4v) is 6.69. The Morgan fingerprint density at radius 3 is 2.12 bits per heavy atom. The number of esters is 1. The van der Waals surface area contributed by atoms with Crippen molar-refractivity contribution in [3.05, 3.63) is 71.8 Å². The number of rotatable bonds is 7. The van der Waals surface area contributed by atoms with Gasteiger partial charge in [-0.15, -0.1) is 0 Å². The van der Waals surface area contributed by atoms with E-state index in [0.29, 0.717) is 29.9 Å². The van der Waals surface area contributed by atoms with Gasteiger partial charge in [-0.05, 0) is 48.6 Å². The first-order valence-electron chi connectivity index (χ1n) is 12.9. The van der Waals surface area contributed by atoms with Crippen LogP contribution in [-0.4, -0.2) is 35.7 Å². The van der Waals surface area contributed by atoms with Crippen molar-refractivity contribution in [1.82, 2.24) is 4.90 Å². The number of ether oxygens (including phenoxy) is 1. The van der Waals surface area contributed by atoms with Gasteiger partial charge in [0, 0.05) is 31.5 Å². The van der Waals surface area contributed by atoms with E-state index in [0.717, 1.165) is 45.3 Å². The van der Waals surface area contributed by atoms with E-state index in [1.807, 2.05) is 30.3 Å². The van der Waals surface area contributed by atoms with Crippen molar-refractivity contribution in [2.24, 2.45) is 23.7 Å². The van der Waals surface area contributed by atoms with Gasteiger partial charge in [0.15, 0.2) is 5.60 Å². The standard InChI is InChI=1S/C29H37NO3/c31-28(29(32,25-12-6-2-7-13-25)26-14-8-3-9-15-26)33-21-27-23-16-17-24(27)20-30(19-23)18-22-10-4-1-5-11-22/h1-2,4-7,10-13,23-24,26-27,32H,3,8-9,14-21H2. The number of aliphatic hydroxyl groups is 1. The summed E-state index contributed by atoms with van der Waals surface area (Å²) in [6, 6.07) is 20.2. The van der Waals surface area contributed by atoms with Gasteiger partial charge in [0.2, 0.25) is 0 Å². The molecular formula is C29H37NO3. The quantitative estimate of drug-likeness (QED) is 0.596. The lowest BCUT2D eigenvalue weighted by Gasteiger charge is -2.39. The van der Waals surface area contributed by atoms with E-state index >= 15 is 0 Å². The Hall–Kier alpha value is -2.17. The third-order valence-corrected chi connectivity index (χ3v) is 8.48. The molecule has 33 heavy (non-hydrogen) atoms. The van der Waals surface area contributed by atoms with E-state index in [1.54, 1.807) is 0 Å². The number of hydrogen-bond donors (Lipinski definition) is 1. The highest BCUT2D eigenvalue weighted by molar-refractivity contribution is 5.81. The molecule has 3 fully saturated rings. The highest BCUT2D eigenvalue weighted by Gasteiger charge is 2.48. The van der Waals surface area contributed by atoms with E-state index in [2.05, 4.69) is 35.2 Å². The molecule has 1 saturated heterocycles. The molecule has 1 heterocycles. The van der Waals surface area contributed by atoms with Gasteiger partial charge in [0.05, 0.1) is 6.61 Å². The number of fused-ring (bicyclic) bond motifs is 2. The molecule has 4 nitrogen and oxygen atoms in total. The van der Waals surface area contributed by atoms with E-state index in [9.17, 15) is 9.90 Å². The molecule has 0 radical (unpaired) electrons. The summed E-state index contributed by atoms with van der Waals surface area (Å²) in [5.74, 6) is 1.05. The van der Waals surface area contributed by atoms with Crippen LogP contribution in [0, 0.1) is 23.7 Å². The first-order valence-corrected chi connectivity index (χ1v) is 12.9. The molecule has 1 N–H and O–H groups in total. The molecule has 2 aliphatic carbocycles. The Balaban J connectivity index is 1.24. The van der Waals surface area contributed by atoms with Crippen molar-refractivity contribution in [3.8, 4) is 0 Å². The Labute approximate surface area is 198 Å². The third kappa shape index (κ3) is 4.74. The van der Waals surface area contributed by atoms with Crippen molar-refractivity contribution >= 4 is 5.97 Å². The van der Waals surface area contributed by atoms with Gasteiger partial charge in [0.25, 0.3) is 0 Å². The largest absolute Gasteiger partial charge is 0.463 e. The molecule has 3 unspecified atom stereocenters. The maximum Gasteiger partial charge on any atom is 0.343 e. The lowest BCUT2D eigenvalue weighted by Crippen LogP contribution is -2.47. The zero-order valence-electron chi connectivity index (χ0n) is 19.6. The summed E-state index contributed by atoms with van der Waals surface area (Å²) in [5, 5.41) is 11.8. The number of nitrogens with zero attached hydrogens (tertiary/aromatic N) is 1. The summed E-state index contributed by atoms with van der Waals surface area (Å²) < 4.78 is 5.98. The minimum atomic E-state index is -1.53. The Morgan fingerprint density at radius 2 is 1.48 bits per heavy atom. The van der Waals surface area contributed by atoms with Crippen LogP contribution in [0.15, 0.2) is 60.7 Å². The zero-order chi connectivity index (χ0) is 22.7. The predicted molar refractivity (Wildman–Crippen MR) is 129 cm³/mol. The van der Waals surface area contributed by atoms with Crippen LogP contribution in [0.5, 0.6) is 0 Å². The smallest absolute Gasteiger partial charge is 0.343 e. The Kier molecular flexibility index (Phi) is 6.84. The van der Waals surface area contributed by atoms with Crippen molar-refractivity contribution < 1.29 is 14.6 Å². The molecule has 2 aromatic carbocycles. The second-order valence-electron chi connectivity index (χ2n) is 10.5. The highest BCUT2D eigenvalue weighted by atomic mass is 16.5. The van der Waals surface area contributed by atoms with Crippen LogP contribution in [0.25, 0.3) is 0 Å². The van der Waals surface area contributed by atoms with Gasteiger partial charge in [-0.3, -0.25) is 4.90 Å². The average Bonchev–Trinajstić information content (AvgIpc) is 3.11. The fourth-order valence-electron chi connectivity index (χ4n) is 6.69. The molecule has 4 heteroatoms. The molecule has 2 bridgehead atoms. The molecule has 2 aromatic rings. The van der Waals surface area contributed by atoms with Crippen LogP contribution in [0.4, 0.5) is 0 Å². The molecule has 0 spiro atoms. The summed E-state index contributed by atoms with van der Waals surface area (Å²) >= 11 is 0. The van der Waals surface area contributed by atoms with Crippen molar-refractivity contribution in [2.45, 2.75) is 57.1 Å². The monoisotopic (exact) mass is 447 g/mol. The van der Waals surface area contributed by atoms with Gasteiger partial charge in [0.1, 0.15) is 0 Å². The molecule has 176 valence electrons. The van der Waals surface area contributed by atoms with Crippen molar-refractivity contribution in [3.63, 3.8) is 0 Å². The number of benzene rings is 2. The van der Waals surface area contributed by atoms with E-state index < -0.39 is 11.6 Å². The lowest BCUT2D eigenvalue weighted by molar-refractivity contribution is -0.178. The fraction of sp³-hybridized carbons (Fsp3) is 0.552. The summed E-state index contributed by atoms with van der Waals surface area (Å²) in [4.78, 5) is 16.0. The average molecular weight is 448 g/mol. The number of hydrogen-bond acceptors (Lipinski definition) is 4. The minimum Gasteiger partial charge on any atom is -0.463 e. The minimum absolute atomic E-state index is 0.0643. The predicted octanol–water partition coefficient (Wildman–Crippen LogP) is 5.16. The number of piperidine rings is 1. The molecule has 3 aliphatic rings. The molecular weight excluding hydrogens is 410 g/mol. The van der Waals surface area contributed by atoms with Crippen molar-refractivity contribution in [1.29, 1.82) is 0 Å². The van der Waals surface area contributed by atoms with E-state index in [-0.39, 0.29) is 5.92 Å². The van der Waals surface area contributed by atoms with Crippen LogP contribution >= 0.6 is 0 Å². The normalized spacial score (nSPS) is 27.7. The summed E-state index contributed by atoms with van der Waals surface area (Å²) in [6.07, 6.45) is 7.50. The van der Waals surface area contributed by atoms with Gasteiger partial charge < -0.3 is 9.84 Å². The summed E-state index contributed by atoms with van der Waals surface area (Å²) in [7, 11) is 0. The molecule has 3 atom stereocenters. The van der Waals surface area contributed by atoms with Crippen LogP contribution in [0.1, 0.15) is 56.1 Å². The number of carbonyl (C=O) groups excluding carboxylic acids is 1. The maximum atomic E-state index is 13.5. The van der Waals surface area contributed by atoms with E-state index in [4.69, 9.17) is 4.74 Å². The Morgan fingerprint density at radius 1 is 0.879 bits per heavy atom. The first kappa shape index (κ1) is 22.6. The van der Waals surface area contributed by atoms with Crippen LogP contribution < -0.4 is 0 Å². The van der Waals surface area contributed by atoms with Crippen LogP contribution in [0.2, 0.25) is 0 Å². The lowest BCUT2D eigenvalue weighted by atomic mass is 9.73. The van der Waals surface area contributed by atoms with E-state index in [1.165, 1.54) is 24.8 Å². The molecule has 1 aliphatic heterocycles. The van der Waals surface area contributed by atoms with Crippen molar-refractivity contribution in [2.75, 3.05) is 19.7 Å². The Bertz CT molecular complexity index is 897. The second-order valence-corrected chi connectivity index (χ2v) is 10.5.